The van der Waals surface area contributed by atoms with Gasteiger partial charge in [0.25, 0.3) is 0 Å². The molecule has 0 radical (unpaired) electrons. The third kappa shape index (κ3) is 74.7. The summed E-state index contributed by atoms with van der Waals surface area (Å²) in [7, 11) is 0. The van der Waals surface area contributed by atoms with E-state index < -0.39 is 12.1 Å². The zero-order chi connectivity index (χ0) is 64.2. The van der Waals surface area contributed by atoms with Crippen molar-refractivity contribution >= 4 is 11.9 Å². The maximum atomic E-state index is 12.5. The number of unbranched alkanes of at least 4 members (excludes halogenated alkanes) is 59. The van der Waals surface area contributed by atoms with Crippen molar-refractivity contribution in [1.82, 2.24) is 5.32 Å². The number of esters is 1. The third-order valence-electron chi connectivity index (χ3n) is 18.8. The average molecular weight is 1250 g/mol. The number of allylic oxidation sites excluding steroid dienone is 7. The zero-order valence-corrected chi connectivity index (χ0v) is 60.2. The SMILES string of the molecule is CCCCCCCC/C=C\CCCCCCCC(=O)OCCCCCCCCCCCCC/C=C\C/C=C\CCCCCCCCCCCCCCCCCCCC(=O)NC(CO)C(O)/C=C/CCCCCCCCCCCCCCCCCCCCCC. The topological polar surface area (TPSA) is 95.9 Å². The first kappa shape index (κ1) is 86.8. The molecule has 0 aromatic rings. The Morgan fingerprint density at radius 1 is 0.315 bits per heavy atom. The van der Waals surface area contributed by atoms with Crippen molar-refractivity contribution < 1.29 is 24.5 Å². The summed E-state index contributed by atoms with van der Waals surface area (Å²) in [5.41, 5.74) is 0. The van der Waals surface area contributed by atoms with Gasteiger partial charge in [0.1, 0.15) is 0 Å². The molecular formula is C83H157NO5. The molecule has 6 heteroatoms. The van der Waals surface area contributed by atoms with E-state index in [2.05, 4.69) is 55.6 Å². The summed E-state index contributed by atoms with van der Waals surface area (Å²) >= 11 is 0. The van der Waals surface area contributed by atoms with Gasteiger partial charge in [-0.25, -0.2) is 0 Å². The predicted octanol–water partition coefficient (Wildman–Crippen LogP) is 26.8. The van der Waals surface area contributed by atoms with Gasteiger partial charge in [-0.1, -0.05) is 390 Å². The molecule has 0 saturated heterocycles. The first-order chi connectivity index (χ1) is 44.0. The van der Waals surface area contributed by atoms with Gasteiger partial charge in [-0.2, -0.15) is 0 Å². The van der Waals surface area contributed by atoms with E-state index >= 15 is 0 Å². The maximum Gasteiger partial charge on any atom is 0.305 e. The molecule has 0 aliphatic heterocycles. The molecule has 3 N–H and O–H groups in total. The molecule has 0 rings (SSSR count). The number of hydrogen-bond acceptors (Lipinski definition) is 5. The summed E-state index contributed by atoms with van der Waals surface area (Å²) < 4.78 is 5.49. The van der Waals surface area contributed by atoms with E-state index in [0.29, 0.717) is 19.4 Å². The number of rotatable bonds is 76. The molecule has 0 aliphatic carbocycles. The van der Waals surface area contributed by atoms with E-state index in [1.54, 1.807) is 6.08 Å². The standard InChI is InChI=1S/C83H157NO5/c1-3-5-7-9-11-13-15-17-19-20-21-22-38-41-44-48-51-55-59-63-67-71-75-81(86)80(79-85)84-82(87)76-72-68-64-60-56-52-49-45-42-39-36-34-32-30-28-26-24-23-25-27-29-31-33-35-37-40-43-46-50-54-58-62-66-70-74-78-89-83(88)77-73-69-65-61-57-53-47-18-16-14-12-10-8-6-4-2/h18,25,27,31,33,47,71,75,80-81,85-86H,3-17,19-24,26,28-30,32,34-46,48-70,72-74,76-79H2,1-2H3,(H,84,87)/b27-25-,33-31-,47-18-,75-71+. The molecule has 0 aliphatic rings. The van der Waals surface area contributed by atoms with Crippen LogP contribution >= 0.6 is 0 Å². The van der Waals surface area contributed by atoms with Crippen molar-refractivity contribution in [2.24, 2.45) is 0 Å². The van der Waals surface area contributed by atoms with Crippen molar-refractivity contribution in [3.63, 3.8) is 0 Å². The fourth-order valence-electron chi connectivity index (χ4n) is 12.7. The van der Waals surface area contributed by atoms with Crippen LogP contribution in [0.15, 0.2) is 48.6 Å². The number of amides is 1. The molecule has 0 heterocycles. The van der Waals surface area contributed by atoms with Crippen LogP contribution in [0.3, 0.4) is 0 Å². The van der Waals surface area contributed by atoms with Crippen LogP contribution in [0.4, 0.5) is 0 Å². The molecule has 2 unspecified atom stereocenters. The van der Waals surface area contributed by atoms with E-state index in [4.69, 9.17) is 4.74 Å². The number of aliphatic hydroxyl groups excluding tert-OH is 2. The number of ether oxygens (including phenoxy) is 1. The highest BCUT2D eigenvalue weighted by atomic mass is 16.5. The Balaban J connectivity index is 3.40. The van der Waals surface area contributed by atoms with Gasteiger partial charge in [0, 0.05) is 12.8 Å². The molecule has 0 aromatic heterocycles. The second-order valence-corrected chi connectivity index (χ2v) is 27.7. The van der Waals surface area contributed by atoms with Crippen molar-refractivity contribution in [3.05, 3.63) is 48.6 Å². The number of carbonyl (C=O) groups is 2. The largest absolute Gasteiger partial charge is 0.466 e. The van der Waals surface area contributed by atoms with Gasteiger partial charge in [-0.05, 0) is 89.9 Å². The summed E-state index contributed by atoms with van der Waals surface area (Å²) in [5, 5.41) is 23.3. The second-order valence-electron chi connectivity index (χ2n) is 27.7. The van der Waals surface area contributed by atoms with Crippen LogP contribution in [0.2, 0.25) is 0 Å². The summed E-state index contributed by atoms with van der Waals surface area (Å²) in [6.07, 6.45) is 104. The maximum absolute atomic E-state index is 12.5. The first-order valence-electron chi connectivity index (χ1n) is 40.4. The predicted molar refractivity (Wildman–Crippen MR) is 393 cm³/mol. The minimum Gasteiger partial charge on any atom is -0.466 e. The molecule has 2 atom stereocenters. The van der Waals surface area contributed by atoms with Crippen molar-refractivity contribution in [3.8, 4) is 0 Å². The van der Waals surface area contributed by atoms with Crippen LogP contribution in [0.5, 0.6) is 0 Å². The Labute approximate surface area is 556 Å². The lowest BCUT2D eigenvalue weighted by Gasteiger charge is -2.20. The lowest BCUT2D eigenvalue weighted by atomic mass is 10.0. The summed E-state index contributed by atoms with van der Waals surface area (Å²) in [6.45, 7) is 4.94. The highest BCUT2D eigenvalue weighted by Gasteiger charge is 2.18. The van der Waals surface area contributed by atoms with Gasteiger partial charge in [0.15, 0.2) is 0 Å². The highest BCUT2D eigenvalue weighted by molar-refractivity contribution is 5.76. The van der Waals surface area contributed by atoms with Crippen molar-refractivity contribution in [2.75, 3.05) is 13.2 Å². The van der Waals surface area contributed by atoms with Crippen LogP contribution in [-0.2, 0) is 14.3 Å². The summed E-state index contributed by atoms with van der Waals surface area (Å²) in [5.74, 6) is -0.0522. The van der Waals surface area contributed by atoms with E-state index in [1.807, 2.05) is 6.08 Å². The molecule has 0 bridgehead atoms. The van der Waals surface area contributed by atoms with Crippen LogP contribution < -0.4 is 5.32 Å². The molecular weight excluding hydrogens is 1090 g/mol. The highest BCUT2D eigenvalue weighted by Crippen LogP contribution is 2.19. The number of nitrogens with one attached hydrogen (secondary N) is 1. The Morgan fingerprint density at radius 3 is 0.865 bits per heavy atom. The van der Waals surface area contributed by atoms with E-state index in [-0.39, 0.29) is 18.5 Å². The molecule has 0 spiro atoms. The Morgan fingerprint density at radius 2 is 0.562 bits per heavy atom. The molecule has 89 heavy (non-hydrogen) atoms. The van der Waals surface area contributed by atoms with E-state index in [0.717, 1.165) is 51.4 Å². The Bertz CT molecular complexity index is 1490. The molecule has 1 amide bonds. The van der Waals surface area contributed by atoms with E-state index in [1.165, 1.54) is 366 Å². The molecule has 0 saturated carbocycles. The lowest BCUT2D eigenvalue weighted by Crippen LogP contribution is -2.45. The first-order valence-corrected chi connectivity index (χ1v) is 40.4. The van der Waals surface area contributed by atoms with Crippen LogP contribution in [0.25, 0.3) is 0 Å². The average Bonchev–Trinajstić information content (AvgIpc) is 3.56. The zero-order valence-electron chi connectivity index (χ0n) is 60.2. The van der Waals surface area contributed by atoms with E-state index in [9.17, 15) is 19.8 Å². The summed E-state index contributed by atoms with van der Waals surface area (Å²) in [4.78, 5) is 24.6. The van der Waals surface area contributed by atoms with Crippen LogP contribution in [-0.4, -0.2) is 47.4 Å². The van der Waals surface area contributed by atoms with Gasteiger partial charge in [0.2, 0.25) is 5.91 Å². The van der Waals surface area contributed by atoms with Gasteiger partial charge in [-0.15, -0.1) is 0 Å². The quantitative estimate of drug-likeness (QED) is 0.0320. The number of aliphatic hydroxyl groups is 2. The Kier molecular flexibility index (Phi) is 76.3. The Hall–Kier alpha value is -2.18. The summed E-state index contributed by atoms with van der Waals surface area (Å²) in [6, 6.07) is -0.628. The number of hydrogen-bond donors (Lipinski definition) is 3. The molecule has 6 nitrogen and oxygen atoms in total. The second kappa shape index (κ2) is 78.3. The van der Waals surface area contributed by atoms with Crippen LogP contribution in [0.1, 0.15) is 444 Å². The lowest BCUT2D eigenvalue weighted by molar-refractivity contribution is -0.143. The van der Waals surface area contributed by atoms with Crippen molar-refractivity contribution in [1.29, 1.82) is 0 Å². The van der Waals surface area contributed by atoms with Gasteiger partial charge in [-0.3, -0.25) is 9.59 Å². The van der Waals surface area contributed by atoms with Gasteiger partial charge >= 0.3 is 5.97 Å². The molecule has 524 valence electrons. The van der Waals surface area contributed by atoms with Crippen LogP contribution in [0, 0.1) is 0 Å². The van der Waals surface area contributed by atoms with Gasteiger partial charge < -0.3 is 20.3 Å². The number of carbonyl (C=O) groups excluding carboxylic acids is 2. The molecule has 0 aromatic carbocycles. The monoisotopic (exact) mass is 1250 g/mol. The fourth-order valence-corrected chi connectivity index (χ4v) is 12.7. The minimum absolute atomic E-state index is 0.00911. The third-order valence-corrected chi connectivity index (χ3v) is 18.8. The normalized spacial score (nSPS) is 12.7. The van der Waals surface area contributed by atoms with Gasteiger partial charge in [0.05, 0.1) is 25.4 Å². The smallest absolute Gasteiger partial charge is 0.305 e. The molecule has 0 fully saturated rings. The fraction of sp³-hybridized carbons (Fsp3) is 0.880. The minimum atomic E-state index is -0.845. The van der Waals surface area contributed by atoms with Crippen molar-refractivity contribution in [2.45, 2.75) is 456 Å².